The Balaban J connectivity index is 3.30. The molecule has 0 fully saturated rings. The average molecular weight is 215 g/mol. The number of aryl methyl sites for hydroxylation is 1. The van der Waals surface area contributed by atoms with Gasteiger partial charge in [0.2, 0.25) is 0 Å². The van der Waals surface area contributed by atoms with Gasteiger partial charge in [0, 0.05) is 7.05 Å². The molecule has 0 aliphatic heterocycles. The number of nitrogens with one attached hydrogen (secondary N) is 1. The van der Waals surface area contributed by atoms with Gasteiger partial charge >= 0.3 is 6.18 Å². The van der Waals surface area contributed by atoms with Crippen LogP contribution in [-0.4, -0.2) is 9.78 Å². The van der Waals surface area contributed by atoms with E-state index in [0.717, 1.165) is 4.68 Å². The summed E-state index contributed by atoms with van der Waals surface area (Å²) in [5, 5.41) is 2.98. The quantitative estimate of drug-likeness (QED) is 0.549. The van der Waals surface area contributed by atoms with Gasteiger partial charge in [0.05, 0.1) is 0 Å². The Kier molecular flexibility index (Phi) is 2.40. The molecule has 0 unspecified atom stereocenters. The normalized spacial score (nSPS) is 11.8. The first-order valence-corrected chi connectivity index (χ1v) is 3.52. The molecule has 3 N–H and O–H groups in total. The molecule has 1 aromatic rings. The van der Waals surface area contributed by atoms with Gasteiger partial charge in [-0.15, -0.1) is 0 Å². The highest BCUT2D eigenvalue weighted by Crippen LogP contribution is 2.36. The van der Waals surface area contributed by atoms with E-state index in [-0.39, 0.29) is 5.15 Å². The first kappa shape index (κ1) is 10.1. The number of nitrogen functional groups attached to an aromatic ring is 1. The summed E-state index contributed by atoms with van der Waals surface area (Å²) in [6.45, 7) is 0. The van der Waals surface area contributed by atoms with E-state index in [4.69, 9.17) is 17.4 Å². The lowest BCUT2D eigenvalue weighted by atomic mass is 10.4. The van der Waals surface area contributed by atoms with Crippen molar-refractivity contribution in [2.24, 2.45) is 12.9 Å². The molecule has 0 spiro atoms. The van der Waals surface area contributed by atoms with Crippen molar-refractivity contribution in [2.75, 3.05) is 5.43 Å². The van der Waals surface area contributed by atoms with Gasteiger partial charge in [0.1, 0.15) is 5.69 Å². The van der Waals surface area contributed by atoms with Gasteiger partial charge in [-0.1, -0.05) is 11.6 Å². The Hall–Kier alpha value is -0.950. The molecular weight excluding hydrogens is 209 g/mol. The predicted molar refractivity (Wildman–Crippen MR) is 41.0 cm³/mol. The highest BCUT2D eigenvalue weighted by molar-refractivity contribution is 6.32. The Morgan fingerprint density at radius 3 is 2.38 bits per heavy atom. The molecule has 0 amide bonds. The fourth-order valence-electron chi connectivity index (χ4n) is 0.830. The summed E-state index contributed by atoms with van der Waals surface area (Å²) in [5.41, 5.74) is 0.314. The zero-order valence-corrected chi connectivity index (χ0v) is 7.24. The minimum absolute atomic E-state index is 0.185. The van der Waals surface area contributed by atoms with Crippen LogP contribution < -0.4 is 11.3 Å². The van der Waals surface area contributed by atoms with E-state index in [1.807, 2.05) is 5.43 Å². The number of halogens is 4. The summed E-state index contributed by atoms with van der Waals surface area (Å²) in [7, 11) is 1.29. The molecule has 1 heterocycles. The number of nitrogens with two attached hydrogens (primary N) is 1. The Labute approximate surface area is 76.4 Å². The van der Waals surface area contributed by atoms with Crippen LogP contribution in [0.25, 0.3) is 0 Å². The van der Waals surface area contributed by atoms with E-state index in [9.17, 15) is 13.2 Å². The summed E-state index contributed by atoms with van der Waals surface area (Å²) in [6, 6.07) is 0. The fraction of sp³-hybridized carbons (Fsp3) is 0.400. The maximum Gasteiger partial charge on any atom is 0.437 e. The molecule has 0 atom stereocenters. The molecule has 0 bridgehead atoms. The van der Waals surface area contributed by atoms with Crippen molar-refractivity contribution < 1.29 is 13.2 Å². The van der Waals surface area contributed by atoms with Crippen molar-refractivity contribution >= 4 is 17.3 Å². The van der Waals surface area contributed by atoms with E-state index >= 15 is 0 Å². The molecule has 0 saturated heterocycles. The van der Waals surface area contributed by atoms with Crippen LogP contribution in [0, 0.1) is 0 Å². The van der Waals surface area contributed by atoms with E-state index < -0.39 is 17.6 Å². The lowest BCUT2D eigenvalue weighted by Crippen LogP contribution is -2.14. The van der Waals surface area contributed by atoms with Crippen molar-refractivity contribution in [3.05, 3.63) is 10.8 Å². The fourth-order valence-corrected chi connectivity index (χ4v) is 1.01. The predicted octanol–water partition coefficient (Wildman–Crippen LogP) is 1.38. The van der Waals surface area contributed by atoms with E-state index in [1.165, 1.54) is 7.05 Å². The van der Waals surface area contributed by atoms with Crippen molar-refractivity contribution in [3.8, 4) is 0 Å². The number of nitrogens with zero attached hydrogens (tertiary/aromatic N) is 2. The Morgan fingerprint density at radius 1 is 1.54 bits per heavy atom. The number of anilines is 1. The minimum atomic E-state index is -4.56. The molecule has 0 aromatic carbocycles. The molecule has 0 saturated carbocycles. The van der Waals surface area contributed by atoms with Crippen LogP contribution >= 0.6 is 11.6 Å². The summed E-state index contributed by atoms with van der Waals surface area (Å²) in [5.74, 6) is 4.87. The molecule has 74 valence electrons. The molecule has 13 heavy (non-hydrogen) atoms. The lowest BCUT2D eigenvalue weighted by molar-refractivity contribution is -0.140. The van der Waals surface area contributed by atoms with Gasteiger partial charge in [-0.2, -0.15) is 18.3 Å². The van der Waals surface area contributed by atoms with Crippen LogP contribution in [-0.2, 0) is 13.2 Å². The monoisotopic (exact) mass is 214 g/mol. The second kappa shape index (κ2) is 3.08. The average Bonchev–Trinajstić information content (AvgIpc) is 2.28. The smallest absolute Gasteiger partial charge is 0.320 e. The van der Waals surface area contributed by atoms with E-state index in [1.54, 1.807) is 0 Å². The number of alkyl halides is 3. The number of rotatable bonds is 1. The van der Waals surface area contributed by atoms with Crippen molar-refractivity contribution in [1.29, 1.82) is 0 Å². The Bertz CT molecular complexity index is 318. The molecule has 1 aromatic heterocycles. The number of aromatic nitrogens is 2. The summed E-state index contributed by atoms with van der Waals surface area (Å²) < 4.78 is 37.5. The molecule has 0 aliphatic rings. The van der Waals surface area contributed by atoms with Crippen LogP contribution in [0.5, 0.6) is 0 Å². The topological polar surface area (TPSA) is 55.9 Å². The van der Waals surface area contributed by atoms with Crippen LogP contribution in [0.4, 0.5) is 18.9 Å². The Morgan fingerprint density at radius 2 is 2.08 bits per heavy atom. The van der Waals surface area contributed by atoms with Crippen LogP contribution in [0.3, 0.4) is 0 Å². The van der Waals surface area contributed by atoms with Crippen LogP contribution in [0.1, 0.15) is 5.69 Å². The summed E-state index contributed by atoms with van der Waals surface area (Å²) in [6.07, 6.45) is -4.56. The molecule has 4 nitrogen and oxygen atoms in total. The maximum absolute atomic E-state index is 12.2. The molecule has 0 radical (unpaired) electrons. The first-order chi connectivity index (χ1) is 5.88. The van der Waals surface area contributed by atoms with E-state index in [0.29, 0.717) is 0 Å². The zero-order chi connectivity index (χ0) is 10.2. The van der Waals surface area contributed by atoms with Gasteiger partial charge in [-0.3, -0.25) is 10.5 Å². The maximum atomic E-state index is 12.2. The third-order valence-electron chi connectivity index (χ3n) is 1.39. The van der Waals surface area contributed by atoms with Gasteiger partial charge in [-0.05, 0) is 0 Å². The highest BCUT2D eigenvalue weighted by Gasteiger charge is 2.38. The second-order valence-electron chi connectivity index (χ2n) is 2.28. The van der Waals surface area contributed by atoms with Gasteiger partial charge in [0.25, 0.3) is 0 Å². The molecule has 1 rings (SSSR count). The van der Waals surface area contributed by atoms with Crippen LogP contribution in [0.15, 0.2) is 0 Å². The largest absolute Gasteiger partial charge is 0.437 e. The van der Waals surface area contributed by atoms with Crippen molar-refractivity contribution in [1.82, 2.24) is 9.78 Å². The minimum Gasteiger partial charge on any atom is -0.320 e. The summed E-state index contributed by atoms with van der Waals surface area (Å²) >= 11 is 5.48. The third-order valence-corrected chi connectivity index (χ3v) is 1.82. The van der Waals surface area contributed by atoms with Gasteiger partial charge in [0.15, 0.2) is 10.8 Å². The second-order valence-corrected chi connectivity index (χ2v) is 2.64. The number of hydrazine groups is 1. The zero-order valence-electron chi connectivity index (χ0n) is 6.48. The van der Waals surface area contributed by atoms with Gasteiger partial charge < -0.3 is 5.43 Å². The third kappa shape index (κ3) is 1.70. The number of hydrogen-bond acceptors (Lipinski definition) is 3. The van der Waals surface area contributed by atoms with Crippen molar-refractivity contribution in [3.63, 3.8) is 0 Å². The SMILES string of the molecule is Cn1nc(C(F)(F)F)c(NN)c1Cl. The number of hydrogen-bond donors (Lipinski definition) is 2. The highest BCUT2D eigenvalue weighted by atomic mass is 35.5. The standard InChI is InChI=1S/C5H6ClF3N4/c1-13-4(6)2(11-10)3(12-13)5(7,8)9/h11H,10H2,1H3. The van der Waals surface area contributed by atoms with Gasteiger partial charge in [-0.25, -0.2) is 0 Å². The lowest BCUT2D eigenvalue weighted by Gasteiger charge is -2.04. The van der Waals surface area contributed by atoms with Crippen LogP contribution in [0.2, 0.25) is 5.15 Å². The molecule has 8 heteroatoms. The van der Waals surface area contributed by atoms with E-state index in [2.05, 4.69) is 5.10 Å². The summed E-state index contributed by atoms with van der Waals surface area (Å²) in [4.78, 5) is 0. The molecular formula is C5H6ClF3N4. The van der Waals surface area contributed by atoms with Crippen molar-refractivity contribution in [2.45, 2.75) is 6.18 Å². The first-order valence-electron chi connectivity index (χ1n) is 3.14. The molecule has 0 aliphatic carbocycles.